The number of hydrogen-bond acceptors (Lipinski definition) is 5. The van der Waals surface area contributed by atoms with Gasteiger partial charge in [0.2, 0.25) is 0 Å². The maximum atomic E-state index is 11.9. The van der Waals surface area contributed by atoms with E-state index in [9.17, 15) is 14.9 Å². The number of carbonyl (C=O) groups excluding carboxylic acids is 2. The topological polar surface area (TPSA) is 76.4 Å². The Kier molecular flexibility index (Phi) is 1.96. The Bertz CT molecular complexity index is 520. The molecule has 0 aromatic heterocycles. The lowest BCUT2D eigenvalue weighted by molar-refractivity contribution is -0.219. The van der Waals surface area contributed by atoms with Crippen molar-refractivity contribution < 1.29 is 19.1 Å². The van der Waals surface area contributed by atoms with Crippen molar-refractivity contribution in [3.63, 3.8) is 0 Å². The number of ether oxygens (including phenoxy) is 2. The summed E-state index contributed by atoms with van der Waals surface area (Å²) in [5.41, 5.74) is -0.837. The zero-order valence-corrected chi connectivity index (χ0v) is 10.1. The van der Waals surface area contributed by atoms with Gasteiger partial charge in [-0.1, -0.05) is 6.58 Å². The molecule has 3 aliphatic rings. The molecule has 4 atom stereocenters. The highest BCUT2D eigenvalue weighted by Crippen LogP contribution is 2.66. The number of nitriles is 1. The van der Waals surface area contributed by atoms with Gasteiger partial charge >= 0.3 is 11.9 Å². The molecular formula is C13H13NO4. The zero-order chi connectivity index (χ0) is 13.1. The molecule has 0 aromatic carbocycles. The van der Waals surface area contributed by atoms with Crippen LogP contribution in [0.2, 0.25) is 0 Å². The average Bonchev–Trinajstić information content (AvgIpc) is 2.85. The third kappa shape index (κ3) is 1.10. The summed E-state index contributed by atoms with van der Waals surface area (Å²) >= 11 is 0. The Morgan fingerprint density at radius 3 is 2.89 bits per heavy atom. The molecule has 5 nitrogen and oxygen atoms in total. The maximum Gasteiger partial charge on any atom is 0.336 e. The van der Waals surface area contributed by atoms with Crippen LogP contribution in [0.1, 0.15) is 26.2 Å². The van der Waals surface area contributed by atoms with Crippen molar-refractivity contribution in [2.75, 3.05) is 0 Å². The Morgan fingerprint density at radius 2 is 2.33 bits per heavy atom. The quantitative estimate of drug-likeness (QED) is 0.543. The van der Waals surface area contributed by atoms with Gasteiger partial charge in [0.15, 0.2) is 5.41 Å². The van der Waals surface area contributed by atoms with Crippen LogP contribution in [0.25, 0.3) is 0 Å². The van der Waals surface area contributed by atoms with Crippen molar-refractivity contribution in [1.29, 1.82) is 5.26 Å². The van der Waals surface area contributed by atoms with Crippen molar-refractivity contribution in [3.8, 4) is 6.07 Å². The van der Waals surface area contributed by atoms with E-state index in [1.807, 2.05) is 0 Å². The summed E-state index contributed by atoms with van der Waals surface area (Å²) in [4.78, 5) is 23.6. The first-order chi connectivity index (χ1) is 8.43. The second-order valence-corrected chi connectivity index (χ2v) is 5.52. The molecule has 3 fully saturated rings. The molecule has 0 radical (unpaired) electrons. The van der Waals surface area contributed by atoms with Crippen LogP contribution < -0.4 is 0 Å². The molecule has 94 valence electrons. The lowest BCUT2D eigenvalue weighted by Gasteiger charge is -2.31. The largest absolute Gasteiger partial charge is 0.421 e. The summed E-state index contributed by atoms with van der Waals surface area (Å²) in [7, 11) is 0. The predicted octanol–water partition coefficient (Wildman–Crippen LogP) is 1.30. The molecule has 4 unspecified atom stereocenters. The predicted molar refractivity (Wildman–Crippen MR) is 58.6 cm³/mol. The van der Waals surface area contributed by atoms with Gasteiger partial charge in [-0.05, 0) is 25.7 Å². The van der Waals surface area contributed by atoms with Gasteiger partial charge in [0.1, 0.15) is 0 Å². The fraction of sp³-hybridized carbons (Fsp3) is 0.615. The van der Waals surface area contributed by atoms with Crippen molar-refractivity contribution in [2.45, 2.75) is 32.0 Å². The van der Waals surface area contributed by atoms with Crippen LogP contribution in [0.15, 0.2) is 12.2 Å². The minimum atomic E-state index is -1.22. The van der Waals surface area contributed by atoms with Crippen molar-refractivity contribution in [3.05, 3.63) is 12.2 Å². The van der Waals surface area contributed by atoms with Gasteiger partial charge in [-0.25, -0.2) is 4.79 Å². The third-order valence-electron chi connectivity index (χ3n) is 4.32. The molecular weight excluding hydrogens is 234 g/mol. The number of hydrogen-bond donors (Lipinski definition) is 0. The number of nitrogens with zero attached hydrogens (tertiary/aromatic N) is 1. The summed E-state index contributed by atoms with van der Waals surface area (Å²) in [5.74, 6) is -2.42. The van der Waals surface area contributed by atoms with Crippen LogP contribution in [-0.2, 0) is 19.1 Å². The van der Waals surface area contributed by atoms with Crippen LogP contribution in [0.3, 0.4) is 0 Å². The van der Waals surface area contributed by atoms with Gasteiger partial charge in [0.05, 0.1) is 12.0 Å². The van der Waals surface area contributed by atoms with Crippen LogP contribution >= 0.6 is 0 Å². The molecule has 0 N–H and O–H groups in total. The van der Waals surface area contributed by atoms with Crippen LogP contribution in [0.4, 0.5) is 0 Å². The first-order valence-electron chi connectivity index (χ1n) is 5.97. The Morgan fingerprint density at radius 1 is 1.61 bits per heavy atom. The normalized spacial score (nSPS) is 43.4. The molecule has 1 heterocycles. The minimum Gasteiger partial charge on any atom is -0.421 e. The second-order valence-electron chi connectivity index (χ2n) is 5.52. The van der Waals surface area contributed by atoms with Gasteiger partial charge < -0.3 is 9.47 Å². The van der Waals surface area contributed by atoms with E-state index in [1.165, 1.54) is 0 Å². The van der Waals surface area contributed by atoms with Crippen LogP contribution in [-0.4, -0.2) is 17.7 Å². The average molecular weight is 247 g/mol. The number of rotatable bonds is 2. The summed E-state index contributed by atoms with van der Waals surface area (Å²) < 4.78 is 10.6. The molecule has 0 amide bonds. The van der Waals surface area contributed by atoms with Crippen LogP contribution in [0.5, 0.6) is 0 Å². The fourth-order valence-electron chi connectivity index (χ4n) is 3.60. The highest BCUT2D eigenvalue weighted by atomic mass is 16.7. The number of fused-ring (bicyclic) bond motifs is 1. The minimum absolute atomic E-state index is 0.221. The molecule has 0 spiro atoms. The van der Waals surface area contributed by atoms with Gasteiger partial charge in [-0.15, -0.1) is 0 Å². The van der Waals surface area contributed by atoms with E-state index in [0.717, 1.165) is 0 Å². The first kappa shape index (κ1) is 11.3. The first-order valence-corrected chi connectivity index (χ1v) is 5.97. The van der Waals surface area contributed by atoms with E-state index in [2.05, 4.69) is 12.6 Å². The highest BCUT2D eigenvalue weighted by molar-refractivity contribution is 5.89. The van der Waals surface area contributed by atoms with Crippen molar-refractivity contribution in [2.24, 2.45) is 17.3 Å². The molecule has 2 saturated carbocycles. The van der Waals surface area contributed by atoms with E-state index in [0.29, 0.717) is 19.3 Å². The van der Waals surface area contributed by atoms with Gasteiger partial charge in [0.25, 0.3) is 5.79 Å². The third-order valence-corrected chi connectivity index (χ3v) is 4.32. The molecule has 1 aliphatic heterocycles. The lowest BCUT2D eigenvalue weighted by atomic mass is 9.74. The maximum absolute atomic E-state index is 11.9. The Balaban J connectivity index is 1.97. The van der Waals surface area contributed by atoms with Gasteiger partial charge in [-0.3, -0.25) is 4.79 Å². The molecule has 3 rings (SSSR count). The van der Waals surface area contributed by atoms with E-state index < -0.39 is 23.1 Å². The van der Waals surface area contributed by atoms with Crippen molar-refractivity contribution >= 4 is 11.9 Å². The smallest absolute Gasteiger partial charge is 0.336 e. The molecule has 2 aliphatic carbocycles. The van der Waals surface area contributed by atoms with Gasteiger partial charge in [0, 0.05) is 12.0 Å². The van der Waals surface area contributed by atoms with E-state index in [-0.39, 0.29) is 17.4 Å². The molecule has 2 bridgehead atoms. The summed E-state index contributed by atoms with van der Waals surface area (Å²) in [5, 5.41) is 9.28. The second kappa shape index (κ2) is 3.14. The molecule has 18 heavy (non-hydrogen) atoms. The fourth-order valence-corrected chi connectivity index (χ4v) is 3.60. The van der Waals surface area contributed by atoms with E-state index in [4.69, 9.17) is 9.47 Å². The molecule has 5 heteroatoms. The Labute approximate surface area is 104 Å². The summed E-state index contributed by atoms with van der Waals surface area (Å²) in [6, 6.07) is 2.09. The van der Waals surface area contributed by atoms with E-state index >= 15 is 0 Å². The Hall–Kier alpha value is -1.83. The molecule has 0 aromatic rings. The number of esters is 2. The monoisotopic (exact) mass is 247 g/mol. The standard InChI is InChI=1S/C13H13NO4/c1-7(2)10(15)17-13-5-8-3-9(13)12(4-8,6-14)11(16)18-13/h8-9H,1,3-5H2,2H3. The van der Waals surface area contributed by atoms with Gasteiger partial charge in [-0.2, -0.15) is 5.26 Å². The van der Waals surface area contributed by atoms with E-state index in [1.54, 1.807) is 6.92 Å². The highest BCUT2D eigenvalue weighted by Gasteiger charge is 2.76. The van der Waals surface area contributed by atoms with Crippen molar-refractivity contribution in [1.82, 2.24) is 0 Å². The summed E-state index contributed by atoms with van der Waals surface area (Å²) in [6.45, 7) is 5.06. The molecule has 1 saturated heterocycles. The summed E-state index contributed by atoms with van der Waals surface area (Å²) in [6.07, 6.45) is 1.74. The van der Waals surface area contributed by atoms with Crippen LogP contribution in [0, 0.1) is 28.6 Å². The number of carbonyl (C=O) groups is 2. The lowest BCUT2D eigenvalue weighted by Crippen LogP contribution is -2.42. The zero-order valence-electron chi connectivity index (χ0n) is 10.1. The SMILES string of the molecule is C=C(C)C(=O)OC12CC3CC1C(C#N)(C3)C(=O)O2.